The lowest BCUT2D eigenvalue weighted by Gasteiger charge is -2.27. The molecule has 3 unspecified atom stereocenters. The Kier molecular flexibility index (Phi) is 54.7. The lowest BCUT2D eigenvalue weighted by Crippen LogP contribution is -2.47. The number of hydrogen-bond donors (Lipinski definition) is 2. The third-order valence-corrected chi connectivity index (χ3v) is 15.5. The number of phosphoric acid groups is 1. The monoisotopic (exact) mass is 1090 g/mol. The number of quaternary nitrogens is 1. The molecule has 0 saturated heterocycles. The van der Waals surface area contributed by atoms with Crippen molar-refractivity contribution < 1.29 is 37.3 Å². The molecule has 10 heteroatoms. The Labute approximate surface area is 471 Å². The minimum Gasteiger partial charge on any atom is -0.456 e. The van der Waals surface area contributed by atoms with Gasteiger partial charge in [0.1, 0.15) is 19.3 Å². The molecule has 0 fully saturated rings. The van der Waals surface area contributed by atoms with E-state index in [0.717, 1.165) is 83.5 Å². The Morgan fingerprint density at radius 1 is 0.474 bits per heavy atom. The summed E-state index contributed by atoms with van der Waals surface area (Å²) in [4.78, 5) is 37.7. The molecular formula is C66H126N2O7P+. The van der Waals surface area contributed by atoms with Gasteiger partial charge in [0.05, 0.1) is 33.8 Å². The summed E-state index contributed by atoms with van der Waals surface area (Å²) in [5, 5.41) is 3.06. The Hall–Kier alpha value is -2.03. The Balaban J connectivity index is 5.15. The maximum atomic E-state index is 13.5. The first-order valence-corrected chi connectivity index (χ1v) is 34.0. The minimum absolute atomic E-state index is 0.0393. The number of phosphoric ester groups is 1. The Morgan fingerprint density at radius 2 is 0.842 bits per heavy atom. The predicted molar refractivity (Wildman–Crippen MR) is 328 cm³/mol. The van der Waals surface area contributed by atoms with E-state index in [0.29, 0.717) is 23.9 Å². The molecule has 9 nitrogen and oxygen atoms in total. The first kappa shape index (κ1) is 74.0. The Morgan fingerprint density at radius 3 is 1.26 bits per heavy atom. The molecular weight excluding hydrogens is 964 g/mol. The highest BCUT2D eigenvalue weighted by Gasteiger charge is 2.30. The third-order valence-electron chi connectivity index (χ3n) is 14.5. The van der Waals surface area contributed by atoms with Gasteiger partial charge in [-0.3, -0.25) is 18.6 Å². The van der Waals surface area contributed by atoms with Crippen LogP contribution >= 0.6 is 7.82 Å². The molecule has 0 radical (unpaired) electrons. The zero-order valence-corrected chi connectivity index (χ0v) is 51.9. The van der Waals surface area contributed by atoms with Gasteiger partial charge in [-0.2, -0.15) is 0 Å². The molecule has 2 N–H and O–H groups in total. The summed E-state index contributed by atoms with van der Waals surface area (Å²) in [7, 11) is 1.50. The van der Waals surface area contributed by atoms with E-state index in [1.54, 1.807) is 0 Å². The van der Waals surface area contributed by atoms with Crippen LogP contribution in [0.3, 0.4) is 0 Å². The standard InChI is InChI=1S/C66H125N2O7P/c1-7-10-13-16-19-22-25-28-30-31-32-33-34-35-36-37-38-41-44-47-50-53-56-59-66(70)75-64(57-54-51-48-45-42-39-27-24-21-18-15-12-9-3)63(62-74-76(71,72)73-61-60-68(4,5)6)67-65(69)58-55-52-49-46-43-40-29-26-23-20-17-14-11-8-2/h11,14,20,23,28,30,54,57,63-64H,7-10,12-13,15-19,21-22,24-27,29,31-53,55-56,58-62H2,1-6H3,(H-,67,69,71,72)/p+1/b14-11+,23-20+,30-28+,57-54-. The maximum absolute atomic E-state index is 13.5. The van der Waals surface area contributed by atoms with E-state index < -0.39 is 20.0 Å². The molecule has 3 atom stereocenters. The van der Waals surface area contributed by atoms with Gasteiger partial charge in [-0.05, 0) is 83.1 Å². The fraction of sp³-hybridized carbons (Fsp3) is 0.848. The van der Waals surface area contributed by atoms with Gasteiger partial charge in [0.15, 0.2) is 0 Å². The lowest BCUT2D eigenvalue weighted by atomic mass is 10.0. The summed E-state index contributed by atoms with van der Waals surface area (Å²) in [6, 6.07) is -0.851. The van der Waals surface area contributed by atoms with Crippen molar-refractivity contribution in [1.82, 2.24) is 5.32 Å². The molecule has 1 amide bonds. The predicted octanol–water partition coefficient (Wildman–Crippen LogP) is 20.1. The van der Waals surface area contributed by atoms with Crippen molar-refractivity contribution in [1.29, 1.82) is 0 Å². The van der Waals surface area contributed by atoms with Crippen LogP contribution in [0.1, 0.15) is 310 Å². The summed E-state index contributed by atoms with van der Waals surface area (Å²) < 4.78 is 30.7. The molecule has 0 aromatic rings. The highest BCUT2D eigenvalue weighted by Crippen LogP contribution is 2.43. The number of esters is 1. The molecule has 0 bridgehead atoms. The second-order valence-electron chi connectivity index (χ2n) is 23.3. The lowest BCUT2D eigenvalue weighted by molar-refractivity contribution is -0.870. The zero-order chi connectivity index (χ0) is 55.7. The number of allylic oxidation sites excluding steroid dienone is 7. The van der Waals surface area contributed by atoms with Crippen LogP contribution in [0.2, 0.25) is 0 Å². The van der Waals surface area contributed by atoms with Crippen molar-refractivity contribution in [2.75, 3.05) is 40.9 Å². The topological polar surface area (TPSA) is 111 Å². The van der Waals surface area contributed by atoms with E-state index in [-0.39, 0.29) is 25.1 Å². The van der Waals surface area contributed by atoms with Gasteiger partial charge in [0.2, 0.25) is 5.91 Å². The van der Waals surface area contributed by atoms with E-state index in [2.05, 4.69) is 62.5 Å². The molecule has 0 aliphatic heterocycles. The van der Waals surface area contributed by atoms with Crippen LogP contribution in [0.15, 0.2) is 48.6 Å². The van der Waals surface area contributed by atoms with Crippen LogP contribution in [-0.4, -0.2) is 74.3 Å². The van der Waals surface area contributed by atoms with Crippen molar-refractivity contribution in [2.45, 2.75) is 322 Å². The minimum atomic E-state index is -4.45. The number of nitrogens with zero attached hydrogens (tertiary/aromatic N) is 1. The molecule has 0 heterocycles. The number of ether oxygens (including phenoxy) is 1. The number of carbonyl (C=O) groups excluding carboxylic acids is 2. The molecule has 0 spiro atoms. The summed E-state index contributed by atoms with van der Waals surface area (Å²) in [5.41, 5.74) is 0. The maximum Gasteiger partial charge on any atom is 0.472 e. The van der Waals surface area contributed by atoms with Gasteiger partial charge in [-0.25, -0.2) is 4.57 Å². The summed E-state index contributed by atoms with van der Waals surface area (Å²) in [5.74, 6) is -0.504. The molecule has 0 aliphatic carbocycles. The normalized spacial score (nSPS) is 13.9. The average Bonchev–Trinajstić information content (AvgIpc) is 3.38. The fourth-order valence-electron chi connectivity index (χ4n) is 9.50. The zero-order valence-electron chi connectivity index (χ0n) is 51.0. The molecule has 0 aliphatic rings. The van der Waals surface area contributed by atoms with E-state index in [9.17, 15) is 19.0 Å². The second-order valence-corrected chi connectivity index (χ2v) is 24.7. The second kappa shape index (κ2) is 56.3. The van der Waals surface area contributed by atoms with Crippen molar-refractivity contribution in [3.05, 3.63) is 48.6 Å². The number of rotatable bonds is 59. The van der Waals surface area contributed by atoms with Crippen LogP contribution in [0, 0.1) is 0 Å². The highest BCUT2D eigenvalue weighted by atomic mass is 31.2. The quantitative estimate of drug-likeness (QED) is 0.0205. The van der Waals surface area contributed by atoms with E-state index in [1.165, 1.54) is 193 Å². The van der Waals surface area contributed by atoms with Gasteiger partial charge < -0.3 is 19.4 Å². The third kappa shape index (κ3) is 56.7. The highest BCUT2D eigenvalue weighted by molar-refractivity contribution is 7.47. The van der Waals surface area contributed by atoms with Crippen molar-refractivity contribution in [3.63, 3.8) is 0 Å². The number of unbranched alkanes of at least 4 members (excludes halogenated alkanes) is 37. The number of amides is 1. The first-order chi connectivity index (χ1) is 36.9. The first-order valence-electron chi connectivity index (χ1n) is 32.5. The van der Waals surface area contributed by atoms with Crippen LogP contribution in [-0.2, 0) is 27.9 Å². The van der Waals surface area contributed by atoms with Gasteiger partial charge in [0.25, 0.3) is 0 Å². The average molecular weight is 1090 g/mol. The van der Waals surface area contributed by atoms with Gasteiger partial charge >= 0.3 is 13.8 Å². The van der Waals surface area contributed by atoms with E-state index in [4.69, 9.17) is 13.8 Å². The van der Waals surface area contributed by atoms with Gasteiger partial charge in [-0.1, -0.05) is 262 Å². The number of likely N-dealkylation sites (N-methyl/N-ethyl adjacent to an activating group) is 1. The van der Waals surface area contributed by atoms with Crippen LogP contribution in [0.5, 0.6) is 0 Å². The SMILES string of the molecule is CC/C=C/C/C=C/CCCCCCCCCC(=O)NC(COP(=O)(O)OCC[N+](C)(C)C)C(/C=C\CCCCCCCCCCCCC)OC(=O)CCCCCCCCCCCCCCC/C=C/CCCCCCCC. The van der Waals surface area contributed by atoms with E-state index >= 15 is 0 Å². The molecule has 0 rings (SSSR count). The summed E-state index contributed by atoms with van der Waals surface area (Å²) in [6.07, 6.45) is 69.7. The molecule has 0 saturated carbocycles. The van der Waals surface area contributed by atoms with Crippen LogP contribution in [0.4, 0.5) is 0 Å². The van der Waals surface area contributed by atoms with Gasteiger partial charge in [0, 0.05) is 12.8 Å². The fourth-order valence-corrected chi connectivity index (χ4v) is 10.2. The smallest absolute Gasteiger partial charge is 0.456 e. The van der Waals surface area contributed by atoms with Crippen LogP contribution < -0.4 is 5.32 Å². The molecule has 76 heavy (non-hydrogen) atoms. The summed E-state index contributed by atoms with van der Waals surface area (Å²) in [6.45, 7) is 6.93. The number of carbonyl (C=O) groups is 2. The number of nitrogens with one attached hydrogen (secondary N) is 1. The summed E-state index contributed by atoms with van der Waals surface area (Å²) >= 11 is 0. The molecule has 0 aromatic carbocycles. The van der Waals surface area contributed by atoms with Crippen molar-refractivity contribution in [2.24, 2.45) is 0 Å². The Bertz CT molecular complexity index is 1440. The largest absolute Gasteiger partial charge is 0.472 e. The van der Waals surface area contributed by atoms with Crippen molar-refractivity contribution in [3.8, 4) is 0 Å². The molecule has 446 valence electrons. The van der Waals surface area contributed by atoms with E-state index in [1.807, 2.05) is 33.3 Å². The number of hydrogen-bond acceptors (Lipinski definition) is 6. The van der Waals surface area contributed by atoms with Crippen molar-refractivity contribution >= 4 is 19.7 Å². The van der Waals surface area contributed by atoms with Gasteiger partial charge in [-0.15, -0.1) is 0 Å². The molecule has 0 aromatic heterocycles. The van der Waals surface area contributed by atoms with Crippen LogP contribution in [0.25, 0.3) is 0 Å².